The molecule has 0 unspecified atom stereocenters. The summed E-state index contributed by atoms with van der Waals surface area (Å²) < 4.78 is 11.7. The van der Waals surface area contributed by atoms with Crippen molar-refractivity contribution in [2.45, 2.75) is 58.0 Å². The summed E-state index contributed by atoms with van der Waals surface area (Å²) in [6, 6.07) is 14.8. The maximum atomic E-state index is 12.5. The second kappa shape index (κ2) is 8.13. The predicted octanol–water partition coefficient (Wildman–Crippen LogP) is 5.31. The first kappa shape index (κ1) is 19.4. The summed E-state index contributed by atoms with van der Waals surface area (Å²) in [5.74, 6) is 0. The van der Waals surface area contributed by atoms with E-state index in [1.807, 2.05) is 39.0 Å². The van der Waals surface area contributed by atoms with Gasteiger partial charge in [0.2, 0.25) is 0 Å². The Hall–Kier alpha value is -2.33. The molecule has 0 radical (unpaired) electrons. The van der Waals surface area contributed by atoms with Crippen LogP contribution in [0.1, 0.15) is 39.2 Å². The van der Waals surface area contributed by atoms with Crippen molar-refractivity contribution in [2.24, 2.45) is 0 Å². The number of likely N-dealkylation sites (tertiary alicyclic amines) is 1. The highest BCUT2D eigenvalue weighted by molar-refractivity contribution is 5.82. The van der Waals surface area contributed by atoms with E-state index in [1.165, 1.54) is 10.8 Å². The highest BCUT2D eigenvalue weighted by Gasteiger charge is 2.37. The SMILES string of the molecule is C=CC[C@H]1C[C@H](OCc2ccc3ccccc3c2)CN1C(=O)OC(C)(C)C. The van der Waals surface area contributed by atoms with Crippen molar-refractivity contribution in [3.05, 3.63) is 60.7 Å². The maximum Gasteiger partial charge on any atom is 0.410 e. The number of fused-ring (bicyclic) bond motifs is 1. The molecule has 144 valence electrons. The highest BCUT2D eigenvalue weighted by Crippen LogP contribution is 2.26. The van der Waals surface area contributed by atoms with E-state index in [-0.39, 0.29) is 18.2 Å². The summed E-state index contributed by atoms with van der Waals surface area (Å²) in [6.45, 7) is 10.6. The van der Waals surface area contributed by atoms with E-state index in [0.29, 0.717) is 13.2 Å². The summed E-state index contributed by atoms with van der Waals surface area (Å²) in [5.41, 5.74) is 0.643. The van der Waals surface area contributed by atoms with Crippen molar-refractivity contribution in [2.75, 3.05) is 6.54 Å². The van der Waals surface area contributed by atoms with Crippen LogP contribution in [-0.2, 0) is 16.1 Å². The second-order valence-corrected chi connectivity index (χ2v) is 8.16. The Morgan fingerprint density at radius 3 is 2.67 bits per heavy atom. The van der Waals surface area contributed by atoms with E-state index in [0.717, 1.165) is 18.4 Å². The first-order valence-electron chi connectivity index (χ1n) is 9.55. The molecule has 2 atom stereocenters. The molecular formula is C23H29NO3. The Balaban J connectivity index is 1.62. The van der Waals surface area contributed by atoms with Crippen LogP contribution in [0.3, 0.4) is 0 Å². The van der Waals surface area contributed by atoms with E-state index in [2.05, 4.69) is 36.9 Å². The fourth-order valence-electron chi connectivity index (χ4n) is 3.50. The summed E-state index contributed by atoms with van der Waals surface area (Å²) >= 11 is 0. The van der Waals surface area contributed by atoms with Gasteiger partial charge in [-0.15, -0.1) is 6.58 Å². The van der Waals surface area contributed by atoms with Crippen molar-refractivity contribution in [3.8, 4) is 0 Å². The van der Waals surface area contributed by atoms with Crippen molar-refractivity contribution in [3.63, 3.8) is 0 Å². The van der Waals surface area contributed by atoms with Crippen LogP contribution in [0.4, 0.5) is 4.79 Å². The molecule has 2 aromatic carbocycles. The number of ether oxygens (including phenoxy) is 2. The van der Waals surface area contributed by atoms with E-state index in [4.69, 9.17) is 9.47 Å². The van der Waals surface area contributed by atoms with Gasteiger partial charge in [0.1, 0.15) is 5.60 Å². The Morgan fingerprint density at radius 2 is 1.96 bits per heavy atom. The zero-order chi connectivity index (χ0) is 19.4. The van der Waals surface area contributed by atoms with E-state index >= 15 is 0 Å². The standard InChI is InChI=1S/C23H29NO3/c1-5-8-20-14-21(15-24(20)22(25)27-23(2,3)4)26-16-17-11-12-18-9-6-7-10-19(18)13-17/h5-7,9-13,20-21H,1,8,14-16H2,2-4H3/t20-,21-/m0/s1. The number of amides is 1. The molecule has 1 aliphatic rings. The minimum atomic E-state index is -0.500. The third-order valence-corrected chi connectivity index (χ3v) is 4.74. The van der Waals surface area contributed by atoms with Crippen LogP contribution in [-0.4, -0.2) is 35.3 Å². The first-order valence-corrected chi connectivity index (χ1v) is 9.55. The number of nitrogens with zero attached hydrogens (tertiary/aromatic N) is 1. The molecule has 1 heterocycles. The average molecular weight is 367 g/mol. The molecule has 1 saturated heterocycles. The Bertz CT molecular complexity index is 809. The monoisotopic (exact) mass is 367 g/mol. The third-order valence-electron chi connectivity index (χ3n) is 4.74. The van der Waals surface area contributed by atoms with Crippen LogP contribution in [0.15, 0.2) is 55.1 Å². The number of carbonyl (C=O) groups is 1. The lowest BCUT2D eigenvalue weighted by atomic mass is 10.1. The van der Waals surface area contributed by atoms with E-state index in [1.54, 1.807) is 4.90 Å². The number of hydrogen-bond acceptors (Lipinski definition) is 3. The molecule has 0 aliphatic carbocycles. The van der Waals surface area contributed by atoms with Gasteiger partial charge in [0, 0.05) is 6.04 Å². The van der Waals surface area contributed by atoms with Gasteiger partial charge in [0.05, 0.1) is 19.3 Å². The van der Waals surface area contributed by atoms with E-state index < -0.39 is 5.60 Å². The van der Waals surface area contributed by atoms with Gasteiger partial charge in [-0.3, -0.25) is 0 Å². The molecule has 0 aromatic heterocycles. The zero-order valence-corrected chi connectivity index (χ0v) is 16.5. The Kier molecular flexibility index (Phi) is 5.85. The van der Waals surface area contributed by atoms with Crippen molar-refractivity contribution >= 4 is 16.9 Å². The van der Waals surface area contributed by atoms with Gasteiger partial charge < -0.3 is 14.4 Å². The molecule has 1 aliphatic heterocycles. The van der Waals surface area contributed by atoms with Crippen molar-refractivity contribution in [1.82, 2.24) is 4.90 Å². The first-order chi connectivity index (χ1) is 12.9. The zero-order valence-electron chi connectivity index (χ0n) is 16.5. The van der Waals surface area contributed by atoms with Gasteiger partial charge in [0.25, 0.3) is 0 Å². The van der Waals surface area contributed by atoms with Crippen LogP contribution in [0.2, 0.25) is 0 Å². The maximum absolute atomic E-state index is 12.5. The molecule has 0 saturated carbocycles. The minimum Gasteiger partial charge on any atom is -0.444 e. The quantitative estimate of drug-likeness (QED) is 0.672. The topological polar surface area (TPSA) is 38.8 Å². The number of benzene rings is 2. The lowest BCUT2D eigenvalue weighted by Crippen LogP contribution is -2.40. The fraction of sp³-hybridized carbons (Fsp3) is 0.435. The van der Waals surface area contributed by atoms with Gasteiger partial charge in [0.15, 0.2) is 0 Å². The molecule has 27 heavy (non-hydrogen) atoms. The molecular weight excluding hydrogens is 338 g/mol. The van der Waals surface area contributed by atoms with Crippen LogP contribution in [0.25, 0.3) is 10.8 Å². The molecule has 4 heteroatoms. The lowest BCUT2D eigenvalue weighted by molar-refractivity contribution is 0.0151. The van der Waals surface area contributed by atoms with Gasteiger partial charge in [-0.2, -0.15) is 0 Å². The predicted molar refractivity (Wildman–Crippen MR) is 109 cm³/mol. The van der Waals surface area contributed by atoms with Gasteiger partial charge in [-0.25, -0.2) is 4.79 Å². The molecule has 1 fully saturated rings. The number of carbonyl (C=O) groups excluding carboxylic acids is 1. The van der Waals surface area contributed by atoms with Crippen molar-refractivity contribution in [1.29, 1.82) is 0 Å². The summed E-state index contributed by atoms with van der Waals surface area (Å²) in [4.78, 5) is 14.3. The molecule has 0 spiro atoms. The summed E-state index contributed by atoms with van der Waals surface area (Å²) in [6.07, 6.45) is 3.14. The largest absolute Gasteiger partial charge is 0.444 e. The summed E-state index contributed by atoms with van der Waals surface area (Å²) in [7, 11) is 0. The summed E-state index contributed by atoms with van der Waals surface area (Å²) in [5, 5.41) is 2.44. The van der Waals surface area contributed by atoms with Crippen LogP contribution in [0, 0.1) is 0 Å². The van der Waals surface area contributed by atoms with Gasteiger partial charge >= 0.3 is 6.09 Å². The average Bonchev–Trinajstić information content (AvgIpc) is 3.02. The normalized spacial score (nSPS) is 20.0. The lowest BCUT2D eigenvalue weighted by Gasteiger charge is -2.28. The van der Waals surface area contributed by atoms with E-state index in [9.17, 15) is 4.79 Å². The Labute approximate surface area is 161 Å². The molecule has 2 aromatic rings. The Morgan fingerprint density at radius 1 is 1.22 bits per heavy atom. The molecule has 0 N–H and O–H groups in total. The number of hydrogen-bond donors (Lipinski definition) is 0. The molecule has 3 rings (SSSR count). The minimum absolute atomic E-state index is 0.00828. The fourth-order valence-corrected chi connectivity index (χ4v) is 3.50. The van der Waals surface area contributed by atoms with Crippen LogP contribution >= 0.6 is 0 Å². The van der Waals surface area contributed by atoms with Gasteiger partial charge in [-0.05, 0) is 56.0 Å². The van der Waals surface area contributed by atoms with Crippen LogP contribution in [0.5, 0.6) is 0 Å². The second-order valence-electron chi connectivity index (χ2n) is 8.16. The van der Waals surface area contributed by atoms with Crippen LogP contribution < -0.4 is 0 Å². The number of rotatable bonds is 5. The molecule has 4 nitrogen and oxygen atoms in total. The molecule has 1 amide bonds. The van der Waals surface area contributed by atoms with Crippen molar-refractivity contribution < 1.29 is 14.3 Å². The highest BCUT2D eigenvalue weighted by atomic mass is 16.6. The molecule has 0 bridgehead atoms. The van der Waals surface area contributed by atoms with Gasteiger partial charge in [-0.1, -0.05) is 42.5 Å². The third kappa shape index (κ3) is 5.10. The smallest absolute Gasteiger partial charge is 0.410 e.